The van der Waals surface area contributed by atoms with E-state index in [1.165, 1.54) is 18.2 Å². The van der Waals surface area contributed by atoms with E-state index in [4.69, 9.17) is 4.74 Å². The summed E-state index contributed by atoms with van der Waals surface area (Å²) in [5.74, 6) is 0.635. The zero-order valence-electron chi connectivity index (χ0n) is 16.5. The Labute approximate surface area is 179 Å². The molecule has 0 unspecified atom stereocenters. The summed E-state index contributed by atoms with van der Waals surface area (Å²) < 4.78 is 5.79. The first kappa shape index (κ1) is 20.6. The van der Waals surface area contributed by atoms with Gasteiger partial charge in [0.25, 0.3) is 0 Å². The van der Waals surface area contributed by atoms with Crippen LogP contribution < -0.4 is 10.2 Å². The van der Waals surface area contributed by atoms with E-state index in [-0.39, 0.29) is 28.9 Å². The van der Waals surface area contributed by atoms with Gasteiger partial charge in [0.15, 0.2) is 11.5 Å². The van der Waals surface area contributed by atoms with Crippen molar-refractivity contribution < 1.29 is 14.6 Å². The van der Waals surface area contributed by atoms with Crippen molar-refractivity contribution in [2.75, 3.05) is 7.11 Å². The second-order valence-corrected chi connectivity index (χ2v) is 9.27. The van der Waals surface area contributed by atoms with Crippen molar-refractivity contribution >= 4 is 34.7 Å². The molecule has 6 heteroatoms. The van der Waals surface area contributed by atoms with E-state index in [0.29, 0.717) is 9.32 Å². The van der Waals surface area contributed by atoms with Gasteiger partial charge in [-0.3, -0.25) is 4.79 Å². The van der Waals surface area contributed by atoms with Crippen molar-refractivity contribution in [1.82, 2.24) is 5.43 Å². The fraction of sp³-hybridized carbons (Fsp3) is 0.364. The van der Waals surface area contributed by atoms with Crippen LogP contribution in [0.15, 0.2) is 41.5 Å². The quantitative estimate of drug-likeness (QED) is 0.366. The Morgan fingerprint density at radius 2 is 1.96 bits per heavy atom. The van der Waals surface area contributed by atoms with Crippen LogP contribution in [0.4, 0.5) is 0 Å². The van der Waals surface area contributed by atoms with Crippen LogP contribution in [0.25, 0.3) is 0 Å². The Bertz CT molecular complexity index is 901. The van der Waals surface area contributed by atoms with Gasteiger partial charge in [0, 0.05) is 5.92 Å². The first-order chi connectivity index (χ1) is 13.2. The molecule has 1 aliphatic rings. The number of hydrogen-bond donors (Lipinski definition) is 2. The highest BCUT2D eigenvalue weighted by Crippen LogP contribution is 2.47. The van der Waals surface area contributed by atoms with E-state index in [1.807, 2.05) is 22.6 Å². The Hall–Kier alpha value is -2.09. The molecule has 1 saturated carbocycles. The van der Waals surface area contributed by atoms with Crippen molar-refractivity contribution in [1.29, 1.82) is 0 Å². The van der Waals surface area contributed by atoms with Crippen molar-refractivity contribution in [3.8, 4) is 11.5 Å². The van der Waals surface area contributed by atoms with Gasteiger partial charge in [0.05, 0.1) is 16.9 Å². The number of aromatic hydroxyl groups is 1. The third-order valence-corrected chi connectivity index (χ3v) is 5.81. The number of carbonyl (C=O) groups excluding carboxylic acids is 1. The monoisotopic (exact) mass is 492 g/mol. The second-order valence-electron chi connectivity index (χ2n) is 8.11. The summed E-state index contributed by atoms with van der Waals surface area (Å²) in [4.78, 5) is 12.4. The number of hydrogen-bond acceptors (Lipinski definition) is 4. The standard InChI is InChI=1S/C22H25IN2O3/c1-22(2,3)15-7-5-14(6-8-15)16-11-17(16)21(27)25-24-12-13-9-18(23)20(26)19(10-13)28-4/h5-10,12,16-17,26H,11H2,1-4H3,(H,25,27)/t16-,17+/m1/s1. The van der Waals surface area contributed by atoms with Gasteiger partial charge >= 0.3 is 0 Å². The van der Waals surface area contributed by atoms with Gasteiger partial charge in [0.1, 0.15) is 0 Å². The first-order valence-electron chi connectivity index (χ1n) is 9.20. The van der Waals surface area contributed by atoms with Crippen LogP contribution in [0.1, 0.15) is 49.8 Å². The van der Waals surface area contributed by atoms with Crippen molar-refractivity contribution in [3.05, 3.63) is 56.7 Å². The zero-order chi connectivity index (χ0) is 20.5. The highest BCUT2D eigenvalue weighted by molar-refractivity contribution is 14.1. The number of nitrogens with one attached hydrogen (secondary N) is 1. The smallest absolute Gasteiger partial charge is 0.243 e. The molecule has 2 aromatic rings. The van der Waals surface area contributed by atoms with Crippen LogP contribution in [0.2, 0.25) is 0 Å². The van der Waals surface area contributed by atoms with Crippen LogP contribution in [0, 0.1) is 9.49 Å². The molecular formula is C22H25IN2O3. The lowest BCUT2D eigenvalue weighted by molar-refractivity contribution is -0.122. The SMILES string of the molecule is COc1cc(C=NNC(=O)[C@H]2C[C@@H]2c2ccc(C(C)(C)C)cc2)cc(I)c1O. The van der Waals surface area contributed by atoms with Gasteiger partial charge in [-0.05, 0) is 69.2 Å². The fourth-order valence-electron chi connectivity index (χ4n) is 3.16. The molecule has 0 saturated heterocycles. The summed E-state index contributed by atoms with van der Waals surface area (Å²) in [5.41, 5.74) is 5.99. The van der Waals surface area contributed by atoms with Crippen LogP contribution in [0.3, 0.4) is 0 Å². The second kappa shape index (κ2) is 8.11. The normalized spacial score (nSPS) is 18.9. The third kappa shape index (κ3) is 4.66. The number of halogens is 1. The van der Waals surface area contributed by atoms with Crippen LogP contribution in [0.5, 0.6) is 11.5 Å². The molecule has 2 atom stereocenters. The number of carbonyl (C=O) groups is 1. The van der Waals surface area contributed by atoms with Crippen molar-refractivity contribution in [3.63, 3.8) is 0 Å². The largest absolute Gasteiger partial charge is 0.504 e. The molecule has 0 heterocycles. The average molecular weight is 492 g/mol. The van der Waals surface area contributed by atoms with E-state index >= 15 is 0 Å². The number of amides is 1. The summed E-state index contributed by atoms with van der Waals surface area (Å²) in [6, 6.07) is 12.0. The zero-order valence-corrected chi connectivity index (χ0v) is 18.6. The lowest BCUT2D eigenvalue weighted by Crippen LogP contribution is -2.20. The van der Waals surface area contributed by atoms with Gasteiger partial charge in [0.2, 0.25) is 5.91 Å². The summed E-state index contributed by atoms with van der Waals surface area (Å²) in [5, 5.41) is 13.9. The van der Waals surface area contributed by atoms with E-state index < -0.39 is 0 Å². The predicted octanol–water partition coefficient (Wildman–Crippen LogP) is 4.56. The lowest BCUT2D eigenvalue weighted by Gasteiger charge is -2.19. The summed E-state index contributed by atoms with van der Waals surface area (Å²) >= 11 is 2.02. The molecule has 5 nitrogen and oxygen atoms in total. The molecule has 0 bridgehead atoms. The third-order valence-electron chi connectivity index (χ3n) is 4.99. The Kier molecular flexibility index (Phi) is 5.98. The highest BCUT2D eigenvalue weighted by atomic mass is 127. The minimum Gasteiger partial charge on any atom is -0.504 e. The Balaban J connectivity index is 1.58. The minimum absolute atomic E-state index is 0.0351. The number of ether oxygens (including phenoxy) is 1. The maximum Gasteiger partial charge on any atom is 0.243 e. The highest BCUT2D eigenvalue weighted by Gasteiger charge is 2.44. The number of nitrogens with zero attached hydrogens (tertiary/aromatic N) is 1. The van der Waals surface area contributed by atoms with E-state index in [9.17, 15) is 9.90 Å². The molecule has 2 N–H and O–H groups in total. The van der Waals surface area contributed by atoms with Gasteiger partial charge in [-0.2, -0.15) is 5.10 Å². The van der Waals surface area contributed by atoms with Gasteiger partial charge in [-0.25, -0.2) is 5.43 Å². The van der Waals surface area contributed by atoms with Crippen LogP contribution >= 0.6 is 22.6 Å². The molecule has 0 aromatic heterocycles. The molecule has 1 amide bonds. The maximum atomic E-state index is 12.4. The van der Waals surface area contributed by atoms with E-state index in [2.05, 4.69) is 55.6 Å². The van der Waals surface area contributed by atoms with Gasteiger partial charge in [-0.15, -0.1) is 0 Å². The van der Waals surface area contributed by atoms with Crippen LogP contribution in [-0.2, 0) is 10.2 Å². The molecule has 148 valence electrons. The molecule has 1 fully saturated rings. The van der Waals surface area contributed by atoms with Crippen molar-refractivity contribution in [2.24, 2.45) is 11.0 Å². The molecular weight excluding hydrogens is 467 g/mol. The summed E-state index contributed by atoms with van der Waals surface area (Å²) in [7, 11) is 1.50. The molecule has 0 aliphatic heterocycles. The average Bonchev–Trinajstić information content (AvgIpc) is 3.44. The summed E-state index contributed by atoms with van der Waals surface area (Å²) in [6.45, 7) is 6.58. The van der Waals surface area contributed by atoms with Gasteiger partial charge in [-0.1, -0.05) is 45.0 Å². The number of phenolic OH excluding ortho intramolecular Hbond substituents is 1. The number of phenols is 1. The predicted molar refractivity (Wildman–Crippen MR) is 119 cm³/mol. The lowest BCUT2D eigenvalue weighted by atomic mass is 9.86. The Morgan fingerprint density at radius 1 is 1.29 bits per heavy atom. The molecule has 28 heavy (non-hydrogen) atoms. The number of benzene rings is 2. The fourth-order valence-corrected chi connectivity index (χ4v) is 3.79. The number of hydrazone groups is 1. The first-order valence-corrected chi connectivity index (χ1v) is 10.3. The Morgan fingerprint density at radius 3 is 2.57 bits per heavy atom. The summed E-state index contributed by atoms with van der Waals surface area (Å²) in [6.07, 6.45) is 2.40. The number of rotatable bonds is 5. The molecule has 0 radical (unpaired) electrons. The van der Waals surface area contributed by atoms with E-state index in [0.717, 1.165) is 12.0 Å². The minimum atomic E-state index is -0.0680. The molecule has 0 spiro atoms. The van der Waals surface area contributed by atoms with Crippen molar-refractivity contribution in [2.45, 2.75) is 38.5 Å². The van der Waals surface area contributed by atoms with Gasteiger partial charge < -0.3 is 9.84 Å². The topological polar surface area (TPSA) is 70.9 Å². The van der Waals surface area contributed by atoms with E-state index in [1.54, 1.807) is 18.3 Å². The van der Waals surface area contributed by atoms with Crippen LogP contribution in [-0.4, -0.2) is 24.3 Å². The number of methoxy groups -OCH3 is 1. The maximum absolute atomic E-state index is 12.4. The molecule has 3 rings (SSSR count). The molecule has 1 aliphatic carbocycles. The molecule has 2 aromatic carbocycles.